The Morgan fingerprint density at radius 3 is 2.82 bits per heavy atom. The van der Waals surface area contributed by atoms with Crippen LogP contribution in [0.4, 0.5) is 0 Å². The van der Waals surface area contributed by atoms with Crippen molar-refractivity contribution in [1.29, 1.82) is 0 Å². The van der Waals surface area contributed by atoms with Crippen LogP contribution in [0.15, 0.2) is 29.6 Å². The molecule has 0 spiro atoms. The Morgan fingerprint density at radius 2 is 2.23 bits per heavy atom. The number of imidazole rings is 1. The van der Waals surface area contributed by atoms with Crippen LogP contribution < -0.4 is 5.32 Å². The Hall–Kier alpha value is -2.06. The molecule has 0 fully saturated rings. The lowest BCUT2D eigenvalue weighted by atomic mass is 10.0. The summed E-state index contributed by atoms with van der Waals surface area (Å²) < 4.78 is 6.68. The van der Waals surface area contributed by atoms with Gasteiger partial charge in [0, 0.05) is 13.3 Å². The van der Waals surface area contributed by atoms with Gasteiger partial charge in [-0.2, -0.15) is 0 Å². The summed E-state index contributed by atoms with van der Waals surface area (Å²) in [5.74, 6) is -1.72. The highest BCUT2D eigenvalue weighted by Gasteiger charge is 2.36. The number of carbonyl (C=O) groups excluding carboxylic acids is 1. The third-order valence-electron chi connectivity index (χ3n) is 3.21. The minimum atomic E-state index is -1.52. The van der Waals surface area contributed by atoms with Crippen LogP contribution in [-0.2, 0) is 9.53 Å². The number of thioether (sulfide) groups is 1. The van der Waals surface area contributed by atoms with Gasteiger partial charge in [0.05, 0.1) is 12.1 Å². The third kappa shape index (κ3) is 2.93. The summed E-state index contributed by atoms with van der Waals surface area (Å²) in [4.78, 5) is 28.1. The number of nitrogens with zero attached hydrogens (tertiary/aromatic N) is 2. The highest BCUT2D eigenvalue weighted by atomic mass is 32.2. The lowest BCUT2D eigenvalue weighted by Crippen LogP contribution is -2.55. The van der Waals surface area contributed by atoms with E-state index in [9.17, 15) is 14.7 Å². The average molecular weight is 323 g/mol. The first-order valence-electron chi connectivity index (χ1n) is 6.49. The van der Waals surface area contributed by atoms with Crippen molar-refractivity contribution in [3.8, 4) is 0 Å². The lowest BCUT2D eigenvalue weighted by molar-refractivity contribution is -0.145. The normalized spacial score (nSPS) is 13.8. The highest BCUT2D eigenvalue weighted by Crippen LogP contribution is 2.20. The molecule has 8 heteroatoms. The predicted octanol–water partition coefficient (Wildman–Crippen LogP) is 1.28. The zero-order valence-corrected chi connectivity index (χ0v) is 13.3. The van der Waals surface area contributed by atoms with E-state index >= 15 is 0 Å². The van der Waals surface area contributed by atoms with Crippen molar-refractivity contribution in [2.45, 2.75) is 17.6 Å². The zero-order chi connectivity index (χ0) is 16.3. The number of carboxylic acid groups (broad SMARTS) is 1. The van der Waals surface area contributed by atoms with E-state index in [1.165, 1.54) is 25.8 Å². The number of nitrogens with one attached hydrogen (secondary N) is 1. The minimum absolute atomic E-state index is 0.144. The van der Waals surface area contributed by atoms with E-state index in [1.807, 2.05) is 12.3 Å². The quantitative estimate of drug-likeness (QED) is 0.778. The summed E-state index contributed by atoms with van der Waals surface area (Å²) in [6.07, 6.45) is 3.66. The van der Waals surface area contributed by atoms with Crippen molar-refractivity contribution in [3.63, 3.8) is 0 Å². The first-order chi connectivity index (χ1) is 10.4. The van der Waals surface area contributed by atoms with Crippen molar-refractivity contribution in [2.24, 2.45) is 0 Å². The van der Waals surface area contributed by atoms with Crippen LogP contribution in [-0.4, -0.2) is 51.9 Å². The molecule has 0 saturated heterocycles. The molecule has 0 saturated carbocycles. The number of amides is 1. The van der Waals surface area contributed by atoms with Gasteiger partial charge in [-0.15, -0.1) is 0 Å². The molecule has 118 valence electrons. The summed E-state index contributed by atoms with van der Waals surface area (Å²) >= 11 is 1.40. The number of ether oxygens (including phenoxy) is 1. The number of hydrogen-bond donors (Lipinski definition) is 2. The number of pyridine rings is 1. The van der Waals surface area contributed by atoms with Crippen molar-refractivity contribution in [2.75, 3.05) is 20.0 Å². The van der Waals surface area contributed by atoms with E-state index < -0.39 is 17.4 Å². The number of hydrogen-bond acceptors (Lipinski definition) is 5. The molecule has 7 nitrogen and oxygen atoms in total. The fourth-order valence-electron chi connectivity index (χ4n) is 2.07. The van der Waals surface area contributed by atoms with Gasteiger partial charge in [-0.3, -0.25) is 9.20 Å². The van der Waals surface area contributed by atoms with Gasteiger partial charge in [0.2, 0.25) is 0 Å². The first kappa shape index (κ1) is 16.3. The molecule has 2 rings (SSSR count). The Labute approximate surface area is 131 Å². The second kappa shape index (κ2) is 6.37. The summed E-state index contributed by atoms with van der Waals surface area (Å²) in [5, 5.41) is 12.4. The molecule has 1 atom stereocenters. The average Bonchev–Trinajstić information content (AvgIpc) is 2.86. The van der Waals surface area contributed by atoms with Crippen LogP contribution in [0.2, 0.25) is 0 Å². The number of rotatable bonds is 6. The smallest absolute Gasteiger partial charge is 0.331 e. The SMILES string of the molecule is COCC(C)(NC(=O)c1nc(SC)n2ccccc12)C(=O)O. The molecule has 0 radical (unpaired) electrons. The molecule has 0 aliphatic heterocycles. The molecule has 2 aromatic rings. The molecule has 0 aromatic carbocycles. The van der Waals surface area contributed by atoms with Crippen LogP contribution in [0.1, 0.15) is 17.4 Å². The van der Waals surface area contributed by atoms with Gasteiger partial charge >= 0.3 is 5.97 Å². The number of fused-ring (bicyclic) bond motifs is 1. The maximum atomic E-state index is 12.5. The van der Waals surface area contributed by atoms with Crippen LogP contribution in [0.3, 0.4) is 0 Å². The van der Waals surface area contributed by atoms with Gasteiger partial charge in [0.1, 0.15) is 0 Å². The fraction of sp³-hybridized carbons (Fsp3) is 0.357. The fourth-order valence-corrected chi connectivity index (χ4v) is 2.61. The van der Waals surface area contributed by atoms with Gasteiger partial charge in [-0.05, 0) is 25.3 Å². The zero-order valence-electron chi connectivity index (χ0n) is 12.5. The highest BCUT2D eigenvalue weighted by molar-refractivity contribution is 7.98. The van der Waals surface area contributed by atoms with Gasteiger partial charge in [-0.25, -0.2) is 9.78 Å². The van der Waals surface area contributed by atoms with Crippen molar-refractivity contribution >= 4 is 29.2 Å². The Balaban J connectivity index is 2.40. The molecule has 1 unspecified atom stereocenters. The number of carboxylic acids is 1. The van der Waals surface area contributed by atoms with Crippen molar-refractivity contribution < 1.29 is 19.4 Å². The van der Waals surface area contributed by atoms with E-state index in [2.05, 4.69) is 10.3 Å². The first-order valence-corrected chi connectivity index (χ1v) is 7.71. The Kier molecular flexibility index (Phi) is 4.72. The van der Waals surface area contributed by atoms with Gasteiger partial charge < -0.3 is 15.2 Å². The number of carbonyl (C=O) groups is 2. The maximum absolute atomic E-state index is 12.5. The number of aromatic nitrogens is 2. The second-order valence-electron chi connectivity index (χ2n) is 4.93. The molecule has 1 amide bonds. The Morgan fingerprint density at radius 1 is 1.50 bits per heavy atom. The predicted molar refractivity (Wildman–Crippen MR) is 82.4 cm³/mol. The molecular weight excluding hydrogens is 306 g/mol. The van der Waals surface area contributed by atoms with E-state index in [0.29, 0.717) is 10.7 Å². The number of aliphatic carboxylic acids is 1. The topological polar surface area (TPSA) is 92.9 Å². The standard InChI is InChI=1S/C14H17N3O4S/c1-14(8-21-2,12(19)20)16-11(18)10-9-6-4-5-7-17(9)13(15-10)22-3/h4-7H,8H2,1-3H3,(H,16,18)(H,19,20). The Bertz CT molecular complexity index is 715. The molecule has 2 heterocycles. The van der Waals surface area contributed by atoms with Crippen LogP contribution in [0, 0.1) is 0 Å². The van der Waals surface area contributed by atoms with E-state index in [0.717, 1.165) is 0 Å². The maximum Gasteiger partial charge on any atom is 0.331 e. The van der Waals surface area contributed by atoms with Crippen LogP contribution in [0.25, 0.3) is 5.52 Å². The van der Waals surface area contributed by atoms with Gasteiger partial charge in [0.25, 0.3) is 5.91 Å². The van der Waals surface area contributed by atoms with Crippen molar-refractivity contribution in [3.05, 3.63) is 30.1 Å². The molecule has 2 N–H and O–H groups in total. The van der Waals surface area contributed by atoms with E-state index in [4.69, 9.17) is 4.74 Å². The van der Waals surface area contributed by atoms with E-state index in [1.54, 1.807) is 22.7 Å². The monoisotopic (exact) mass is 323 g/mol. The lowest BCUT2D eigenvalue weighted by Gasteiger charge is -2.24. The molecule has 0 aliphatic carbocycles. The molecule has 22 heavy (non-hydrogen) atoms. The summed E-state index contributed by atoms with van der Waals surface area (Å²) in [7, 11) is 1.38. The molecule has 0 aliphatic rings. The third-order valence-corrected chi connectivity index (χ3v) is 3.86. The molecule has 0 bridgehead atoms. The van der Waals surface area contributed by atoms with E-state index in [-0.39, 0.29) is 12.3 Å². The minimum Gasteiger partial charge on any atom is -0.479 e. The van der Waals surface area contributed by atoms with Crippen LogP contribution >= 0.6 is 11.8 Å². The van der Waals surface area contributed by atoms with Crippen LogP contribution in [0.5, 0.6) is 0 Å². The summed E-state index contributed by atoms with van der Waals surface area (Å²) in [6.45, 7) is 1.25. The van der Waals surface area contributed by atoms with Crippen molar-refractivity contribution in [1.82, 2.24) is 14.7 Å². The molecular formula is C14H17N3O4S. The van der Waals surface area contributed by atoms with Gasteiger partial charge in [0.15, 0.2) is 16.4 Å². The molecule has 2 aromatic heterocycles. The van der Waals surface area contributed by atoms with Gasteiger partial charge in [-0.1, -0.05) is 17.8 Å². The largest absolute Gasteiger partial charge is 0.479 e. The number of methoxy groups -OCH3 is 1. The second-order valence-corrected chi connectivity index (χ2v) is 5.70. The summed E-state index contributed by atoms with van der Waals surface area (Å²) in [5.41, 5.74) is -0.709. The summed E-state index contributed by atoms with van der Waals surface area (Å²) in [6, 6.07) is 5.39.